The second-order valence-corrected chi connectivity index (χ2v) is 17.5. The van der Waals surface area contributed by atoms with Crippen LogP contribution in [0.3, 0.4) is 0 Å². The zero-order valence-electron chi connectivity index (χ0n) is 44.2. The molecule has 0 amide bonds. The van der Waals surface area contributed by atoms with E-state index in [4.69, 9.17) is 19.6 Å². The van der Waals surface area contributed by atoms with Crippen molar-refractivity contribution in [2.24, 2.45) is 0 Å². The Bertz CT molecular complexity index is 3230. The normalized spacial score (nSPS) is 14.1. The topological polar surface area (TPSA) is 50.9 Å². The molecule has 5 heteroatoms. The van der Waals surface area contributed by atoms with E-state index in [9.17, 15) is 6.48 Å². The number of hydrogen-bond donors (Lipinski definition) is 1. The molecule has 0 aliphatic rings. The van der Waals surface area contributed by atoms with Gasteiger partial charge in [-0.15, -0.1) is 29.3 Å². The summed E-state index contributed by atoms with van der Waals surface area (Å²) in [5.74, 6) is -0.0800. The molecule has 1 N–H and O–H groups in total. The van der Waals surface area contributed by atoms with E-state index in [0.717, 1.165) is 55.7 Å². The monoisotopic (exact) mass is 989 g/mol. The average molecular weight is 990 g/mol. The number of para-hydroxylation sites is 1. The van der Waals surface area contributed by atoms with Crippen molar-refractivity contribution in [3.05, 3.63) is 167 Å². The first-order valence-electron chi connectivity index (χ1n) is 24.6. The van der Waals surface area contributed by atoms with E-state index in [-0.39, 0.29) is 49.6 Å². The van der Waals surface area contributed by atoms with Crippen LogP contribution < -0.4 is 0 Å². The van der Waals surface area contributed by atoms with Gasteiger partial charge in [0.2, 0.25) is 0 Å². The number of phenols is 1. The summed E-state index contributed by atoms with van der Waals surface area (Å²) < 4.78 is 69.9. The van der Waals surface area contributed by atoms with Crippen LogP contribution in [0.4, 0.5) is 0 Å². The Morgan fingerprint density at radius 1 is 0.705 bits per heavy atom. The van der Waals surface area contributed by atoms with Gasteiger partial charge in [0.15, 0.2) is 0 Å². The van der Waals surface area contributed by atoms with Gasteiger partial charge < -0.3 is 5.11 Å². The first kappa shape index (κ1) is 34.1. The third-order valence-corrected chi connectivity index (χ3v) is 11.2. The molecular weight excluding hydrogens is 926 g/mol. The van der Waals surface area contributed by atoms with Crippen molar-refractivity contribution in [3.63, 3.8) is 0 Å². The number of nitrogens with zero attached hydrogens (tertiary/aromatic N) is 3. The fourth-order valence-corrected chi connectivity index (χ4v) is 7.81. The minimum Gasteiger partial charge on any atom is -0.507 e. The molecule has 0 spiro atoms. The first-order valence-corrected chi connectivity index (χ1v) is 20.6. The molecular formula is C56H56N3OPt-. The summed E-state index contributed by atoms with van der Waals surface area (Å²) in [6, 6.07) is 35.3. The molecule has 0 saturated carbocycles. The maximum atomic E-state index is 12.2. The van der Waals surface area contributed by atoms with Crippen molar-refractivity contribution in [3.8, 4) is 67.5 Å². The van der Waals surface area contributed by atoms with Gasteiger partial charge in [0.05, 0.1) is 22.1 Å². The molecule has 2 aromatic heterocycles. The Kier molecular flexibility index (Phi) is 9.73. The fraction of sp³-hybridized carbons (Fsp3) is 0.250. The zero-order chi connectivity index (χ0) is 49.4. The van der Waals surface area contributed by atoms with Crippen LogP contribution in [0.1, 0.15) is 119 Å². The molecule has 0 fully saturated rings. The van der Waals surface area contributed by atoms with Gasteiger partial charge in [0.1, 0.15) is 11.6 Å². The molecule has 8 rings (SSSR count). The molecule has 0 aliphatic carbocycles. The predicted octanol–water partition coefficient (Wildman–Crippen LogP) is 15.2. The minimum absolute atomic E-state index is 0. The number of fused-ring (bicyclic) bond motifs is 1. The molecule has 4 nitrogen and oxygen atoms in total. The van der Waals surface area contributed by atoms with E-state index in [2.05, 4.69) is 102 Å². The molecule has 0 aliphatic heterocycles. The van der Waals surface area contributed by atoms with Crippen molar-refractivity contribution in [1.29, 1.82) is 0 Å². The second kappa shape index (κ2) is 17.4. The quantitative estimate of drug-likeness (QED) is 0.147. The van der Waals surface area contributed by atoms with Gasteiger partial charge in [-0.2, -0.15) is 0 Å². The van der Waals surface area contributed by atoms with Gasteiger partial charge in [-0.25, -0.2) is 4.98 Å². The molecule has 2 heterocycles. The summed E-state index contributed by atoms with van der Waals surface area (Å²) in [5.41, 5.74) is 10.4. The molecule has 61 heavy (non-hydrogen) atoms. The Labute approximate surface area is 388 Å². The summed E-state index contributed by atoms with van der Waals surface area (Å²) in [6.07, 6.45) is 1.54. The Morgan fingerprint density at radius 3 is 2.11 bits per heavy atom. The van der Waals surface area contributed by atoms with Crippen LogP contribution in [0.25, 0.3) is 72.7 Å². The molecule has 0 unspecified atom stereocenters. The van der Waals surface area contributed by atoms with E-state index in [1.165, 1.54) is 0 Å². The maximum Gasteiger partial charge on any atom is 0.148 e. The molecule has 0 radical (unpaired) electrons. The number of phenolic OH excluding ortho intramolecular Hbond substituents is 1. The second-order valence-electron chi connectivity index (χ2n) is 17.5. The summed E-state index contributed by atoms with van der Waals surface area (Å²) in [7, 11) is 0. The van der Waals surface area contributed by atoms with Gasteiger partial charge in [-0.05, 0) is 99.3 Å². The largest absolute Gasteiger partial charge is 0.507 e. The Morgan fingerprint density at radius 2 is 1.44 bits per heavy atom. The molecule has 0 saturated heterocycles. The van der Waals surface area contributed by atoms with Crippen molar-refractivity contribution < 1.29 is 37.1 Å². The van der Waals surface area contributed by atoms with Gasteiger partial charge >= 0.3 is 0 Å². The number of pyridine rings is 1. The third-order valence-electron chi connectivity index (χ3n) is 11.2. The molecule has 312 valence electrons. The van der Waals surface area contributed by atoms with Crippen molar-refractivity contribution in [2.45, 2.75) is 92.3 Å². The molecule has 0 bridgehead atoms. The van der Waals surface area contributed by atoms with E-state index >= 15 is 0 Å². The number of imidazole rings is 1. The van der Waals surface area contributed by atoms with Crippen LogP contribution in [0.5, 0.6) is 5.75 Å². The van der Waals surface area contributed by atoms with Crippen LogP contribution in [-0.4, -0.2) is 19.6 Å². The maximum absolute atomic E-state index is 12.2. The average Bonchev–Trinajstić information content (AvgIpc) is 3.67. The third kappa shape index (κ3) is 8.66. The van der Waals surface area contributed by atoms with Crippen LogP contribution in [0, 0.1) is 12.9 Å². The number of benzene rings is 6. The smallest absolute Gasteiger partial charge is 0.148 e. The van der Waals surface area contributed by atoms with Crippen LogP contribution in [-0.2, 0) is 26.5 Å². The molecule has 0 atom stereocenters. The zero-order valence-corrected chi connectivity index (χ0v) is 38.4. The molecule has 6 aromatic carbocycles. The van der Waals surface area contributed by atoms with Gasteiger partial charge in [0.25, 0.3) is 0 Å². The summed E-state index contributed by atoms with van der Waals surface area (Å²) in [6.45, 7) is 15.7. The minimum atomic E-state index is -2.83. The number of aromatic nitrogens is 3. The summed E-state index contributed by atoms with van der Waals surface area (Å²) in [5, 5.41) is 12.2. The SMILES string of the molecule is [2H]c1c([2H])c(C([2H])([2H])[2H])c([2H])c([2H])c1-c1ccnc(-c2[c-]c(-c3cccc4c3nc(-c3cc(C(C)C)cc(C(C)C)c3O)n4-c3ccc(-c4ccccc4)c(C([2H])(C)C)c3)cc(C(C)(C)C)c2)c1.[Pt]. The Hall–Kier alpha value is -5.57. The Balaban J connectivity index is 0.00000703. The van der Waals surface area contributed by atoms with Gasteiger partial charge in [-0.1, -0.05) is 164 Å². The first-order chi connectivity index (χ1) is 31.9. The van der Waals surface area contributed by atoms with Crippen LogP contribution in [0.2, 0.25) is 0 Å². The van der Waals surface area contributed by atoms with E-state index < -0.39 is 42.5 Å². The fourth-order valence-electron chi connectivity index (χ4n) is 7.81. The van der Waals surface area contributed by atoms with Gasteiger partial charge in [0, 0.05) is 44.1 Å². The summed E-state index contributed by atoms with van der Waals surface area (Å²) >= 11 is 0. The van der Waals surface area contributed by atoms with E-state index in [1.807, 2.05) is 62.4 Å². The van der Waals surface area contributed by atoms with Crippen LogP contribution >= 0.6 is 0 Å². The van der Waals surface area contributed by atoms with E-state index in [1.54, 1.807) is 18.3 Å². The standard InChI is InChI=1S/C56H56N3O.Pt/c1-34(2)41-30-49(36(5)6)54(60)50(31-41)55-58-53-47(17-14-18-52(53)59(55)45-23-24-46(48(33-45)35(3)4)39-15-12-11-13-16-39)42-27-43(29-44(28-42)56(8,9)10)51-32-40(25-26-57-51)38-21-19-37(7)20-22-38;/h11-26,28-36,60H,1-10H3;/q-1;/i7D3,19D,20D,21D,22D,35D;. The van der Waals surface area contributed by atoms with Gasteiger partial charge in [-0.3, -0.25) is 9.55 Å². The number of rotatable bonds is 9. The predicted molar refractivity (Wildman–Crippen MR) is 252 cm³/mol. The summed E-state index contributed by atoms with van der Waals surface area (Å²) in [4.78, 5) is 10.2. The van der Waals surface area contributed by atoms with E-state index in [0.29, 0.717) is 33.7 Å². The van der Waals surface area contributed by atoms with Crippen molar-refractivity contribution >= 4 is 11.0 Å². The van der Waals surface area contributed by atoms with Crippen molar-refractivity contribution in [2.75, 3.05) is 0 Å². The molecule has 8 aromatic rings. The van der Waals surface area contributed by atoms with Crippen LogP contribution in [0.15, 0.2) is 133 Å². The van der Waals surface area contributed by atoms with Crippen molar-refractivity contribution in [1.82, 2.24) is 14.5 Å². The number of aromatic hydroxyl groups is 1. The number of hydrogen-bond acceptors (Lipinski definition) is 3.